The van der Waals surface area contributed by atoms with Crippen LogP contribution in [0.25, 0.3) is 0 Å². The minimum Gasteiger partial charge on any atom is -0.397 e. The molecule has 1 heterocycles. The van der Waals surface area contributed by atoms with E-state index < -0.39 is 0 Å². The zero-order valence-electron chi connectivity index (χ0n) is 9.97. The number of halogens is 1. The number of nitrogens with zero attached hydrogens (tertiary/aromatic N) is 1. The highest BCUT2D eigenvalue weighted by molar-refractivity contribution is 7.07. The number of rotatable bonds is 4. The van der Waals surface area contributed by atoms with Crippen LogP contribution < -0.4 is 10.6 Å². The van der Waals surface area contributed by atoms with Gasteiger partial charge in [0, 0.05) is 12.6 Å². The Morgan fingerprint density at radius 3 is 2.78 bits per heavy atom. The standard InChI is InChI=1S/C14H15ClN2S/c15-12-2-1-3-13(16)14(12)17(11-4-5-11)8-10-6-7-18-9-10/h1-3,6-7,9,11H,4-5,8,16H2. The molecular weight excluding hydrogens is 264 g/mol. The molecular formula is C14H15ClN2S. The Bertz CT molecular complexity index is 514. The molecule has 0 unspecified atom stereocenters. The SMILES string of the molecule is Nc1cccc(Cl)c1N(Cc1ccsc1)C1CC1. The van der Waals surface area contributed by atoms with Gasteiger partial charge in [-0.05, 0) is 47.4 Å². The molecule has 0 amide bonds. The predicted octanol–water partition coefficient (Wildman–Crippen LogP) is 4.15. The minimum atomic E-state index is 0.590. The van der Waals surface area contributed by atoms with Gasteiger partial charge >= 0.3 is 0 Å². The Labute approximate surface area is 116 Å². The average Bonchev–Trinajstić information content (AvgIpc) is 3.06. The van der Waals surface area contributed by atoms with Crippen LogP contribution in [-0.4, -0.2) is 6.04 Å². The first-order chi connectivity index (χ1) is 8.75. The van der Waals surface area contributed by atoms with Crippen LogP contribution in [0.15, 0.2) is 35.0 Å². The second-order valence-electron chi connectivity index (χ2n) is 4.67. The fourth-order valence-corrected chi connectivity index (χ4v) is 3.14. The summed E-state index contributed by atoms with van der Waals surface area (Å²) in [5.74, 6) is 0. The molecule has 1 aromatic heterocycles. The van der Waals surface area contributed by atoms with Crippen LogP contribution in [0.1, 0.15) is 18.4 Å². The van der Waals surface area contributed by atoms with Gasteiger partial charge in [0.2, 0.25) is 0 Å². The molecule has 94 valence electrons. The van der Waals surface area contributed by atoms with Crippen LogP contribution in [0.5, 0.6) is 0 Å². The van der Waals surface area contributed by atoms with Crippen molar-refractivity contribution < 1.29 is 0 Å². The van der Waals surface area contributed by atoms with Crippen molar-refractivity contribution >= 4 is 34.3 Å². The van der Waals surface area contributed by atoms with E-state index in [2.05, 4.69) is 21.7 Å². The number of hydrogen-bond donors (Lipinski definition) is 1. The Balaban J connectivity index is 1.94. The molecule has 0 bridgehead atoms. The summed E-state index contributed by atoms with van der Waals surface area (Å²) in [6.07, 6.45) is 2.46. The zero-order valence-corrected chi connectivity index (χ0v) is 11.5. The van der Waals surface area contributed by atoms with E-state index in [-0.39, 0.29) is 0 Å². The Hall–Kier alpha value is -1.19. The van der Waals surface area contributed by atoms with Gasteiger partial charge in [-0.15, -0.1) is 0 Å². The zero-order chi connectivity index (χ0) is 12.5. The lowest BCUT2D eigenvalue weighted by atomic mass is 10.2. The number of benzene rings is 1. The number of anilines is 2. The van der Waals surface area contributed by atoms with Crippen LogP contribution >= 0.6 is 22.9 Å². The van der Waals surface area contributed by atoms with E-state index in [1.165, 1.54) is 18.4 Å². The Kier molecular flexibility index (Phi) is 3.18. The third-order valence-electron chi connectivity index (χ3n) is 3.23. The molecule has 4 heteroatoms. The van der Waals surface area contributed by atoms with E-state index >= 15 is 0 Å². The maximum Gasteiger partial charge on any atom is 0.0794 e. The third-order valence-corrected chi connectivity index (χ3v) is 4.26. The molecule has 18 heavy (non-hydrogen) atoms. The molecule has 3 rings (SSSR count). The molecule has 1 saturated carbocycles. The van der Waals surface area contributed by atoms with Crippen molar-refractivity contribution in [2.45, 2.75) is 25.4 Å². The average molecular weight is 279 g/mol. The highest BCUT2D eigenvalue weighted by Gasteiger charge is 2.31. The molecule has 1 aliphatic carbocycles. The molecule has 0 spiro atoms. The van der Waals surface area contributed by atoms with Crippen molar-refractivity contribution in [2.24, 2.45) is 0 Å². The number of thiophene rings is 1. The predicted molar refractivity (Wildman–Crippen MR) is 79.4 cm³/mol. The summed E-state index contributed by atoms with van der Waals surface area (Å²) >= 11 is 8.04. The van der Waals surface area contributed by atoms with Crippen molar-refractivity contribution in [3.05, 3.63) is 45.6 Å². The van der Waals surface area contributed by atoms with Gasteiger partial charge < -0.3 is 10.6 Å². The van der Waals surface area contributed by atoms with E-state index in [9.17, 15) is 0 Å². The molecule has 1 aliphatic rings. The fraction of sp³-hybridized carbons (Fsp3) is 0.286. The number of hydrogen-bond acceptors (Lipinski definition) is 3. The van der Waals surface area contributed by atoms with Gasteiger partial charge in [-0.1, -0.05) is 17.7 Å². The lowest BCUT2D eigenvalue weighted by Gasteiger charge is -2.26. The Morgan fingerprint density at radius 1 is 1.33 bits per heavy atom. The van der Waals surface area contributed by atoms with Crippen LogP contribution in [0, 0.1) is 0 Å². The normalized spacial score (nSPS) is 14.7. The van der Waals surface area contributed by atoms with Crippen LogP contribution in [0.3, 0.4) is 0 Å². The first-order valence-corrected chi connectivity index (χ1v) is 7.39. The van der Waals surface area contributed by atoms with Gasteiger partial charge in [-0.25, -0.2) is 0 Å². The maximum absolute atomic E-state index is 6.32. The minimum absolute atomic E-state index is 0.590. The quantitative estimate of drug-likeness (QED) is 0.851. The van der Waals surface area contributed by atoms with E-state index in [1.807, 2.05) is 18.2 Å². The monoisotopic (exact) mass is 278 g/mol. The summed E-state index contributed by atoms with van der Waals surface area (Å²) in [4.78, 5) is 2.35. The van der Waals surface area contributed by atoms with E-state index in [4.69, 9.17) is 17.3 Å². The molecule has 0 aliphatic heterocycles. The summed E-state index contributed by atoms with van der Waals surface area (Å²) in [6.45, 7) is 0.891. The van der Waals surface area contributed by atoms with Gasteiger partial charge in [0.1, 0.15) is 0 Å². The van der Waals surface area contributed by atoms with Crippen molar-refractivity contribution in [3.63, 3.8) is 0 Å². The molecule has 0 saturated heterocycles. The number of nitrogen functional groups attached to an aromatic ring is 1. The number of nitrogens with two attached hydrogens (primary N) is 1. The smallest absolute Gasteiger partial charge is 0.0794 e. The molecule has 2 aromatic rings. The molecule has 2 nitrogen and oxygen atoms in total. The van der Waals surface area contributed by atoms with Crippen molar-refractivity contribution in [1.82, 2.24) is 0 Å². The topological polar surface area (TPSA) is 29.3 Å². The summed E-state index contributed by atoms with van der Waals surface area (Å²) in [5, 5.41) is 5.04. The summed E-state index contributed by atoms with van der Waals surface area (Å²) in [7, 11) is 0. The molecule has 1 fully saturated rings. The van der Waals surface area contributed by atoms with E-state index in [0.717, 1.165) is 22.9 Å². The molecule has 2 N–H and O–H groups in total. The largest absolute Gasteiger partial charge is 0.397 e. The van der Waals surface area contributed by atoms with Crippen molar-refractivity contribution in [3.8, 4) is 0 Å². The second-order valence-corrected chi connectivity index (χ2v) is 5.86. The van der Waals surface area contributed by atoms with Gasteiger partial charge in [0.15, 0.2) is 0 Å². The summed E-state index contributed by atoms with van der Waals surface area (Å²) in [5.41, 5.74) is 9.18. The lowest BCUT2D eigenvalue weighted by Crippen LogP contribution is -2.26. The highest BCUT2D eigenvalue weighted by Crippen LogP contribution is 2.40. The lowest BCUT2D eigenvalue weighted by molar-refractivity contribution is 0.798. The maximum atomic E-state index is 6.32. The van der Waals surface area contributed by atoms with Gasteiger partial charge in [-0.2, -0.15) is 11.3 Å². The summed E-state index contributed by atoms with van der Waals surface area (Å²) in [6, 6.07) is 8.48. The Morgan fingerprint density at radius 2 is 2.17 bits per heavy atom. The number of para-hydroxylation sites is 1. The van der Waals surface area contributed by atoms with Crippen LogP contribution in [0.4, 0.5) is 11.4 Å². The van der Waals surface area contributed by atoms with Gasteiger partial charge in [0.25, 0.3) is 0 Å². The van der Waals surface area contributed by atoms with Crippen molar-refractivity contribution in [1.29, 1.82) is 0 Å². The molecule has 0 atom stereocenters. The first kappa shape index (κ1) is 11.9. The molecule has 0 radical (unpaired) electrons. The van der Waals surface area contributed by atoms with Crippen molar-refractivity contribution in [2.75, 3.05) is 10.6 Å². The van der Waals surface area contributed by atoms with Gasteiger partial charge in [-0.3, -0.25) is 0 Å². The molecule has 1 aromatic carbocycles. The third kappa shape index (κ3) is 2.33. The summed E-state index contributed by atoms with van der Waals surface area (Å²) < 4.78 is 0. The highest BCUT2D eigenvalue weighted by atomic mass is 35.5. The first-order valence-electron chi connectivity index (χ1n) is 6.07. The van der Waals surface area contributed by atoms with E-state index in [1.54, 1.807) is 11.3 Å². The van der Waals surface area contributed by atoms with Crippen LogP contribution in [0.2, 0.25) is 5.02 Å². The second kappa shape index (κ2) is 4.82. The van der Waals surface area contributed by atoms with Crippen LogP contribution in [-0.2, 0) is 6.54 Å². The van der Waals surface area contributed by atoms with E-state index in [0.29, 0.717) is 6.04 Å². The van der Waals surface area contributed by atoms with Gasteiger partial charge in [0.05, 0.1) is 16.4 Å². The fourth-order valence-electron chi connectivity index (χ4n) is 2.19.